The molecule has 1 N–H and O–H groups in total. The summed E-state index contributed by atoms with van der Waals surface area (Å²) in [5.41, 5.74) is 1.49. The maximum atomic E-state index is 11.3. The van der Waals surface area contributed by atoms with Crippen molar-refractivity contribution in [3.8, 4) is 0 Å². The van der Waals surface area contributed by atoms with Gasteiger partial charge in [-0.1, -0.05) is 0 Å². The van der Waals surface area contributed by atoms with E-state index < -0.39 is 6.09 Å². The van der Waals surface area contributed by atoms with Gasteiger partial charge in [-0.3, -0.25) is 0 Å². The van der Waals surface area contributed by atoms with Crippen LogP contribution in [-0.4, -0.2) is 22.6 Å². The smallest absolute Gasteiger partial charge is 0.407 e. The van der Waals surface area contributed by atoms with Crippen LogP contribution >= 0.6 is 0 Å². The minimum absolute atomic E-state index is 0.313. The van der Waals surface area contributed by atoms with Gasteiger partial charge in [0.1, 0.15) is 0 Å². The van der Waals surface area contributed by atoms with Crippen molar-refractivity contribution in [1.82, 2.24) is 4.90 Å². The summed E-state index contributed by atoms with van der Waals surface area (Å²) in [6.45, 7) is 0.711. The van der Waals surface area contributed by atoms with Crippen LogP contribution in [0.2, 0.25) is 0 Å². The molecule has 74 valence electrons. The van der Waals surface area contributed by atoms with E-state index >= 15 is 0 Å². The quantitative estimate of drug-likeness (QED) is 0.479. The molecule has 0 aromatic carbocycles. The standard InChI is InChI=1S/C9H10N2O3/c12-9(13)10-5-3-8-7(6-10)2-1-4-11(8)14/h1-2,4H,3,5-6H2,(H,12,13). The Morgan fingerprint density at radius 1 is 1.64 bits per heavy atom. The molecule has 1 aromatic heterocycles. The zero-order chi connectivity index (χ0) is 10.1. The lowest BCUT2D eigenvalue weighted by Crippen LogP contribution is -2.42. The summed E-state index contributed by atoms with van der Waals surface area (Å²) in [5, 5.41) is 20.1. The van der Waals surface area contributed by atoms with Crippen LogP contribution in [-0.2, 0) is 13.0 Å². The summed E-state index contributed by atoms with van der Waals surface area (Å²) in [4.78, 5) is 12.0. The Balaban J connectivity index is 2.31. The zero-order valence-electron chi connectivity index (χ0n) is 7.51. The van der Waals surface area contributed by atoms with Gasteiger partial charge in [0.25, 0.3) is 0 Å². The first kappa shape index (κ1) is 8.80. The molecule has 1 amide bonds. The highest BCUT2D eigenvalue weighted by atomic mass is 16.5. The Morgan fingerprint density at radius 2 is 2.43 bits per heavy atom. The van der Waals surface area contributed by atoms with Crippen LogP contribution in [0.5, 0.6) is 0 Å². The Kier molecular flexibility index (Phi) is 1.99. The number of rotatable bonds is 0. The van der Waals surface area contributed by atoms with Crippen molar-refractivity contribution in [3.05, 3.63) is 34.8 Å². The van der Waals surface area contributed by atoms with Crippen LogP contribution in [0.25, 0.3) is 0 Å². The van der Waals surface area contributed by atoms with Crippen LogP contribution < -0.4 is 4.73 Å². The normalized spacial score (nSPS) is 15.0. The molecule has 0 aliphatic carbocycles. The average Bonchev–Trinajstić information content (AvgIpc) is 2.17. The Bertz CT molecular complexity index is 378. The predicted molar refractivity (Wildman–Crippen MR) is 47.5 cm³/mol. The summed E-state index contributed by atoms with van der Waals surface area (Å²) >= 11 is 0. The van der Waals surface area contributed by atoms with Gasteiger partial charge < -0.3 is 15.2 Å². The van der Waals surface area contributed by atoms with Crippen molar-refractivity contribution in [2.75, 3.05) is 6.54 Å². The molecule has 5 heteroatoms. The van der Waals surface area contributed by atoms with Crippen LogP contribution in [0.4, 0.5) is 4.79 Å². The topological polar surface area (TPSA) is 67.5 Å². The van der Waals surface area contributed by atoms with Gasteiger partial charge in [0, 0.05) is 18.2 Å². The third-order valence-electron chi connectivity index (χ3n) is 2.41. The van der Waals surface area contributed by atoms with E-state index in [0.29, 0.717) is 25.2 Å². The molecule has 1 aliphatic rings. The predicted octanol–water partition coefficient (Wildman–Crippen LogP) is 0.356. The number of hydrogen-bond acceptors (Lipinski definition) is 2. The van der Waals surface area contributed by atoms with Crippen LogP contribution in [0.1, 0.15) is 11.3 Å². The number of carboxylic acid groups (broad SMARTS) is 1. The van der Waals surface area contributed by atoms with Crippen molar-refractivity contribution >= 4 is 6.09 Å². The Labute approximate surface area is 80.8 Å². The molecule has 14 heavy (non-hydrogen) atoms. The number of pyridine rings is 1. The first-order valence-corrected chi connectivity index (χ1v) is 4.36. The molecule has 1 aliphatic heterocycles. The summed E-state index contributed by atoms with van der Waals surface area (Å²) < 4.78 is 0.814. The maximum absolute atomic E-state index is 11.3. The monoisotopic (exact) mass is 194 g/mol. The lowest BCUT2D eigenvalue weighted by Gasteiger charge is -2.24. The van der Waals surface area contributed by atoms with E-state index in [0.717, 1.165) is 10.3 Å². The number of fused-ring (bicyclic) bond motifs is 1. The molecule has 5 nitrogen and oxygen atoms in total. The van der Waals surface area contributed by atoms with Crippen LogP contribution in [0.3, 0.4) is 0 Å². The van der Waals surface area contributed by atoms with E-state index in [1.807, 2.05) is 0 Å². The van der Waals surface area contributed by atoms with E-state index in [-0.39, 0.29) is 0 Å². The largest absolute Gasteiger partial charge is 0.618 e. The van der Waals surface area contributed by atoms with Gasteiger partial charge in [0.15, 0.2) is 11.9 Å². The van der Waals surface area contributed by atoms with Gasteiger partial charge in [-0.2, -0.15) is 4.73 Å². The molecule has 0 unspecified atom stereocenters. The molecular weight excluding hydrogens is 184 g/mol. The van der Waals surface area contributed by atoms with Gasteiger partial charge in [-0.15, -0.1) is 0 Å². The Hall–Kier alpha value is -1.78. The molecule has 0 atom stereocenters. The molecule has 0 spiro atoms. The number of carbonyl (C=O) groups is 1. The van der Waals surface area contributed by atoms with Gasteiger partial charge in [-0.25, -0.2) is 4.79 Å². The van der Waals surface area contributed by atoms with Gasteiger partial charge in [-0.05, 0) is 6.07 Å². The van der Waals surface area contributed by atoms with Crippen molar-refractivity contribution in [2.45, 2.75) is 13.0 Å². The molecular formula is C9H10N2O3. The minimum atomic E-state index is -0.933. The van der Waals surface area contributed by atoms with E-state index in [1.54, 1.807) is 12.1 Å². The van der Waals surface area contributed by atoms with Crippen molar-refractivity contribution in [3.63, 3.8) is 0 Å². The van der Waals surface area contributed by atoms with Crippen molar-refractivity contribution in [1.29, 1.82) is 0 Å². The molecule has 0 saturated carbocycles. The SMILES string of the molecule is O=C(O)N1CCc2c(ccc[n+]2[O-])C1. The van der Waals surface area contributed by atoms with E-state index in [9.17, 15) is 10.0 Å². The second kappa shape index (κ2) is 3.17. The second-order valence-electron chi connectivity index (χ2n) is 3.26. The zero-order valence-corrected chi connectivity index (χ0v) is 7.51. The van der Waals surface area contributed by atoms with Crippen LogP contribution in [0, 0.1) is 5.21 Å². The first-order chi connectivity index (χ1) is 6.68. The van der Waals surface area contributed by atoms with Crippen molar-refractivity contribution < 1.29 is 14.6 Å². The number of aromatic nitrogens is 1. The molecule has 0 bridgehead atoms. The lowest BCUT2D eigenvalue weighted by atomic mass is 10.1. The summed E-state index contributed by atoms with van der Waals surface area (Å²) in [6.07, 6.45) is 0.998. The molecule has 2 heterocycles. The second-order valence-corrected chi connectivity index (χ2v) is 3.26. The highest BCUT2D eigenvalue weighted by molar-refractivity contribution is 5.65. The number of amides is 1. The number of nitrogens with zero attached hydrogens (tertiary/aromatic N) is 2. The van der Waals surface area contributed by atoms with Crippen molar-refractivity contribution in [2.24, 2.45) is 0 Å². The van der Waals surface area contributed by atoms with Gasteiger partial charge in [0.2, 0.25) is 0 Å². The van der Waals surface area contributed by atoms with E-state index in [4.69, 9.17) is 5.11 Å². The fraction of sp³-hybridized carbons (Fsp3) is 0.333. The summed E-state index contributed by atoms with van der Waals surface area (Å²) in [6, 6.07) is 3.43. The number of hydrogen-bond donors (Lipinski definition) is 1. The van der Waals surface area contributed by atoms with E-state index in [1.165, 1.54) is 11.1 Å². The first-order valence-electron chi connectivity index (χ1n) is 4.36. The molecule has 0 fully saturated rings. The third kappa shape index (κ3) is 1.37. The van der Waals surface area contributed by atoms with Gasteiger partial charge >= 0.3 is 6.09 Å². The van der Waals surface area contributed by atoms with Crippen LogP contribution in [0.15, 0.2) is 18.3 Å². The molecule has 0 saturated heterocycles. The van der Waals surface area contributed by atoms with Gasteiger partial charge in [0.05, 0.1) is 13.0 Å². The average molecular weight is 194 g/mol. The lowest BCUT2D eigenvalue weighted by molar-refractivity contribution is -0.615. The molecule has 2 rings (SSSR count). The summed E-state index contributed by atoms with van der Waals surface area (Å²) in [5.74, 6) is 0. The highest BCUT2D eigenvalue weighted by Crippen LogP contribution is 2.14. The third-order valence-corrected chi connectivity index (χ3v) is 2.41. The molecule has 0 radical (unpaired) electrons. The summed E-state index contributed by atoms with van der Waals surface area (Å²) in [7, 11) is 0. The fourth-order valence-electron chi connectivity index (χ4n) is 1.67. The minimum Gasteiger partial charge on any atom is -0.618 e. The van der Waals surface area contributed by atoms with E-state index in [2.05, 4.69) is 0 Å². The maximum Gasteiger partial charge on any atom is 0.407 e. The molecule has 1 aromatic rings. The highest BCUT2D eigenvalue weighted by Gasteiger charge is 2.24. The fourth-order valence-corrected chi connectivity index (χ4v) is 1.67. The Morgan fingerprint density at radius 3 is 3.14 bits per heavy atom.